The third-order valence-corrected chi connectivity index (χ3v) is 7.04. The number of hydrogen-bond acceptors (Lipinski definition) is 3. The highest BCUT2D eigenvalue weighted by atomic mass is 32.2. The number of sulfonamides is 1. The second kappa shape index (κ2) is 6.75. The van der Waals surface area contributed by atoms with Gasteiger partial charge >= 0.3 is 0 Å². The first-order valence-corrected chi connectivity index (χ1v) is 9.83. The van der Waals surface area contributed by atoms with Gasteiger partial charge in [0.15, 0.2) is 0 Å². The Hall–Kier alpha value is -0.130. The summed E-state index contributed by atoms with van der Waals surface area (Å²) in [5.41, 5.74) is 0.237. The summed E-state index contributed by atoms with van der Waals surface area (Å²) in [6.45, 7) is 6.80. The molecular weight excluding hydrogens is 272 g/mol. The Balaban J connectivity index is 1.72. The van der Waals surface area contributed by atoms with Crippen LogP contribution in [-0.2, 0) is 10.0 Å². The molecule has 1 N–H and O–H groups in total. The van der Waals surface area contributed by atoms with E-state index in [2.05, 4.69) is 19.2 Å². The van der Waals surface area contributed by atoms with Crippen LogP contribution in [-0.4, -0.2) is 44.2 Å². The number of unbranched alkanes of at least 4 members (excludes halogenated alkanes) is 1. The van der Waals surface area contributed by atoms with E-state index >= 15 is 0 Å². The van der Waals surface area contributed by atoms with E-state index in [1.54, 1.807) is 4.31 Å². The number of nitrogens with one attached hydrogen (secondary N) is 1. The van der Waals surface area contributed by atoms with Crippen LogP contribution in [0.5, 0.6) is 0 Å². The standard InChI is InChI=1S/C15H30N2O2S/c1-3-15(4-2)9-11-17(13-15)20(18,19)12-6-5-10-16-14-7-8-14/h14,16H,3-13H2,1-2H3. The molecule has 1 saturated carbocycles. The Morgan fingerprint density at radius 1 is 1.20 bits per heavy atom. The fourth-order valence-electron chi connectivity index (χ4n) is 3.09. The monoisotopic (exact) mass is 302 g/mol. The Bertz CT molecular complexity index is 400. The van der Waals surface area contributed by atoms with Crippen molar-refractivity contribution in [2.75, 3.05) is 25.4 Å². The number of hydrogen-bond donors (Lipinski definition) is 1. The zero-order valence-corrected chi connectivity index (χ0v) is 13.8. The zero-order valence-electron chi connectivity index (χ0n) is 13.0. The van der Waals surface area contributed by atoms with Crippen LogP contribution >= 0.6 is 0 Å². The Morgan fingerprint density at radius 2 is 1.90 bits per heavy atom. The maximum absolute atomic E-state index is 12.4. The lowest BCUT2D eigenvalue weighted by molar-refractivity contribution is 0.279. The number of rotatable bonds is 9. The van der Waals surface area contributed by atoms with E-state index in [1.165, 1.54) is 12.8 Å². The summed E-state index contributed by atoms with van der Waals surface area (Å²) >= 11 is 0. The Morgan fingerprint density at radius 3 is 2.45 bits per heavy atom. The molecular formula is C15H30N2O2S. The Labute approximate surface area is 124 Å². The highest BCUT2D eigenvalue weighted by Crippen LogP contribution is 2.38. The average Bonchev–Trinajstić information content (AvgIpc) is 3.15. The molecule has 5 heteroatoms. The molecule has 1 saturated heterocycles. The number of nitrogens with zero attached hydrogens (tertiary/aromatic N) is 1. The molecule has 0 bridgehead atoms. The largest absolute Gasteiger partial charge is 0.314 e. The molecule has 2 aliphatic rings. The van der Waals surface area contributed by atoms with Crippen LogP contribution in [0.4, 0.5) is 0 Å². The molecule has 0 aromatic carbocycles. The maximum Gasteiger partial charge on any atom is 0.214 e. The predicted molar refractivity (Wildman–Crippen MR) is 83.3 cm³/mol. The van der Waals surface area contributed by atoms with Gasteiger partial charge in [-0.3, -0.25) is 0 Å². The molecule has 0 aromatic rings. The van der Waals surface area contributed by atoms with E-state index in [9.17, 15) is 8.42 Å². The molecule has 0 radical (unpaired) electrons. The van der Waals surface area contributed by atoms with E-state index in [1.807, 2.05) is 0 Å². The van der Waals surface area contributed by atoms with Crippen LogP contribution in [0.2, 0.25) is 0 Å². The van der Waals surface area contributed by atoms with Crippen LogP contribution in [0.25, 0.3) is 0 Å². The molecule has 1 aliphatic carbocycles. The molecule has 0 aromatic heterocycles. The van der Waals surface area contributed by atoms with Crippen LogP contribution in [0.15, 0.2) is 0 Å². The van der Waals surface area contributed by atoms with Crippen molar-refractivity contribution in [1.82, 2.24) is 9.62 Å². The molecule has 0 atom stereocenters. The first kappa shape index (κ1) is 16.2. The minimum atomic E-state index is -3.03. The van der Waals surface area contributed by atoms with Gasteiger partial charge in [0.1, 0.15) is 0 Å². The minimum Gasteiger partial charge on any atom is -0.314 e. The molecule has 0 unspecified atom stereocenters. The van der Waals surface area contributed by atoms with Gasteiger partial charge in [-0.1, -0.05) is 13.8 Å². The van der Waals surface area contributed by atoms with Gasteiger partial charge in [-0.2, -0.15) is 0 Å². The minimum absolute atomic E-state index is 0.237. The van der Waals surface area contributed by atoms with Crippen molar-refractivity contribution in [3.05, 3.63) is 0 Å². The van der Waals surface area contributed by atoms with Gasteiger partial charge in [0, 0.05) is 19.1 Å². The van der Waals surface area contributed by atoms with E-state index in [4.69, 9.17) is 0 Å². The van der Waals surface area contributed by atoms with Crippen molar-refractivity contribution >= 4 is 10.0 Å². The first-order chi connectivity index (χ1) is 9.51. The van der Waals surface area contributed by atoms with Gasteiger partial charge in [0.2, 0.25) is 10.0 Å². The smallest absolute Gasteiger partial charge is 0.214 e. The summed E-state index contributed by atoms with van der Waals surface area (Å²) in [5, 5.41) is 3.44. The first-order valence-electron chi connectivity index (χ1n) is 8.22. The summed E-state index contributed by atoms with van der Waals surface area (Å²) in [7, 11) is -3.03. The average molecular weight is 302 g/mol. The van der Waals surface area contributed by atoms with E-state index in [0.29, 0.717) is 5.75 Å². The van der Waals surface area contributed by atoms with E-state index in [0.717, 1.165) is 57.8 Å². The molecule has 118 valence electrons. The molecule has 2 rings (SSSR count). The van der Waals surface area contributed by atoms with Crippen molar-refractivity contribution in [1.29, 1.82) is 0 Å². The zero-order chi connectivity index (χ0) is 14.6. The van der Waals surface area contributed by atoms with Crippen molar-refractivity contribution < 1.29 is 8.42 Å². The van der Waals surface area contributed by atoms with Crippen molar-refractivity contribution in [3.8, 4) is 0 Å². The van der Waals surface area contributed by atoms with Crippen LogP contribution in [0.3, 0.4) is 0 Å². The van der Waals surface area contributed by atoms with Crippen LogP contribution < -0.4 is 5.32 Å². The molecule has 4 nitrogen and oxygen atoms in total. The Kier molecular flexibility index (Phi) is 5.49. The van der Waals surface area contributed by atoms with Crippen LogP contribution in [0.1, 0.15) is 58.8 Å². The van der Waals surface area contributed by atoms with Crippen molar-refractivity contribution in [3.63, 3.8) is 0 Å². The predicted octanol–water partition coefficient (Wildman–Crippen LogP) is 2.36. The van der Waals surface area contributed by atoms with E-state index in [-0.39, 0.29) is 5.41 Å². The van der Waals surface area contributed by atoms with Gasteiger partial charge < -0.3 is 5.32 Å². The maximum atomic E-state index is 12.4. The highest BCUT2D eigenvalue weighted by Gasteiger charge is 2.39. The van der Waals surface area contributed by atoms with Gasteiger partial charge in [-0.15, -0.1) is 0 Å². The molecule has 0 spiro atoms. The van der Waals surface area contributed by atoms with E-state index < -0.39 is 10.0 Å². The molecule has 20 heavy (non-hydrogen) atoms. The summed E-state index contributed by atoms with van der Waals surface area (Å²) in [6, 6.07) is 0.722. The molecule has 2 fully saturated rings. The van der Waals surface area contributed by atoms with Crippen LogP contribution in [0, 0.1) is 5.41 Å². The van der Waals surface area contributed by atoms with Gasteiger partial charge in [-0.05, 0) is 56.9 Å². The topological polar surface area (TPSA) is 49.4 Å². The SMILES string of the molecule is CCC1(CC)CCN(S(=O)(=O)CCCCNC2CC2)C1. The summed E-state index contributed by atoms with van der Waals surface area (Å²) in [5.74, 6) is 0.322. The van der Waals surface area contributed by atoms with Gasteiger partial charge in [-0.25, -0.2) is 12.7 Å². The lowest BCUT2D eigenvalue weighted by Crippen LogP contribution is -2.33. The summed E-state index contributed by atoms with van der Waals surface area (Å²) in [4.78, 5) is 0. The van der Waals surface area contributed by atoms with Crippen molar-refractivity contribution in [2.45, 2.75) is 64.8 Å². The summed E-state index contributed by atoms with van der Waals surface area (Å²) in [6.07, 6.45) is 7.54. The highest BCUT2D eigenvalue weighted by molar-refractivity contribution is 7.89. The second-order valence-electron chi connectivity index (χ2n) is 6.54. The fourth-order valence-corrected chi connectivity index (χ4v) is 4.76. The molecule has 0 amide bonds. The quantitative estimate of drug-likeness (QED) is 0.665. The lowest BCUT2D eigenvalue weighted by Gasteiger charge is -2.26. The normalized spacial score (nSPS) is 23.3. The van der Waals surface area contributed by atoms with Crippen molar-refractivity contribution in [2.24, 2.45) is 5.41 Å². The molecule has 1 heterocycles. The second-order valence-corrected chi connectivity index (χ2v) is 8.63. The third kappa shape index (κ3) is 4.18. The third-order valence-electron chi connectivity index (χ3n) is 5.14. The fraction of sp³-hybridized carbons (Fsp3) is 1.00. The molecule has 1 aliphatic heterocycles. The van der Waals surface area contributed by atoms with Gasteiger partial charge in [0.05, 0.1) is 5.75 Å². The lowest BCUT2D eigenvalue weighted by atomic mass is 9.82. The summed E-state index contributed by atoms with van der Waals surface area (Å²) < 4.78 is 26.5. The van der Waals surface area contributed by atoms with Gasteiger partial charge in [0.25, 0.3) is 0 Å².